The van der Waals surface area contributed by atoms with E-state index in [0.717, 1.165) is 99.7 Å². The number of carbonyl (C=O) groups is 4. The van der Waals surface area contributed by atoms with E-state index in [4.69, 9.17) is 4.74 Å². The number of benzene rings is 9. The van der Waals surface area contributed by atoms with Crippen LogP contribution in [-0.4, -0.2) is 28.4 Å². The van der Waals surface area contributed by atoms with Crippen molar-refractivity contribution in [3.8, 4) is 47.4 Å². The van der Waals surface area contributed by atoms with Crippen molar-refractivity contribution in [2.75, 3.05) is 7.11 Å². The first kappa shape index (κ1) is 63.5. The molecule has 4 aliphatic rings. The van der Waals surface area contributed by atoms with Crippen LogP contribution in [0, 0.1) is 47.4 Å². The van der Waals surface area contributed by atoms with Crippen molar-refractivity contribution in [3.63, 3.8) is 0 Å². The van der Waals surface area contributed by atoms with Gasteiger partial charge in [-0.1, -0.05) is 168 Å². The molecule has 9 aromatic rings. The second-order valence-electron chi connectivity index (χ2n) is 24.7. The normalized spacial score (nSPS) is 18.9. The summed E-state index contributed by atoms with van der Waals surface area (Å²) in [5.74, 6) is 29.0. The fourth-order valence-corrected chi connectivity index (χ4v) is 15.9. The summed E-state index contributed by atoms with van der Waals surface area (Å²) in [7, 11) is 1.36. The van der Waals surface area contributed by atoms with Crippen LogP contribution in [0.15, 0.2) is 229 Å². The van der Waals surface area contributed by atoms with Gasteiger partial charge in [0.05, 0.1) is 24.0 Å². The number of ether oxygens (including phenoxy) is 1. The molecule has 4 bridgehead atoms. The van der Waals surface area contributed by atoms with Gasteiger partial charge in [0.2, 0.25) is 0 Å². The van der Waals surface area contributed by atoms with Gasteiger partial charge in [-0.15, -0.1) is 0 Å². The molecule has 4 fully saturated rings. The number of hydrogen-bond acceptors (Lipinski definition) is 10. The summed E-state index contributed by atoms with van der Waals surface area (Å²) in [6.07, 6.45) is 5.94. The molecule has 0 atom stereocenters. The van der Waals surface area contributed by atoms with Crippen molar-refractivity contribution in [3.05, 3.63) is 307 Å². The highest BCUT2D eigenvalue weighted by Gasteiger charge is 2.69. The molecule has 0 aliphatic heterocycles. The Morgan fingerprint density at radius 3 is 0.742 bits per heavy atom. The fourth-order valence-electron chi connectivity index (χ4n) is 14.2. The highest BCUT2D eigenvalue weighted by Crippen LogP contribution is 2.75. The van der Waals surface area contributed by atoms with Gasteiger partial charge in [-0.3, -0.25) is 14.4 Å². The van der Waals surface area contributed by atoms with E-state index in [-0.39, 0.29) is 37.0 Å². The molecule has 0 spiro atoms. The summed E-state index contributed by atoms with van der Waals surface area (Å²) in [6, 6.07) is 75.5. The molecular formula is C83H66N2O5S3. The van der Waals surface area contributed by atoms with E-state index in [0.29, 0.717) is 34.2 Å². The van der Waals surface area contributed by atoms with Crippen molar-refractivity contribution in [1.82, 2.24) is 0 Å². The van der Waals surface area contributed by atoms with Gasteiger partial charge in [-0.2, -0.15) is 10.2 Å². The molecule has 13 rings (SSSR count). The average molecular weight is 1270 g/mol. The Labute approximate surface area is 558 Å². The lowest BCUT2D eigenvalue weighted by Gasteiger charge is -2.71. The Kier molecular flexibility index (Phi) is 19.2. The molecule has 0 aromatic heterocycles. The quantitative estimate of drug-likeness (QED) is 0.0639. The molecule has 456 valence electrons. The van der Waals surface area contributed by atoms with Gasteiger partial charge >= 0.3 is 5.97 Å². The molecule has 0 unspecified atom stereocenters. The first-order valence-corrected chi connectivity index (χ1v) is 34.0. The van der Waals surface area contributed by atoms with Crippen LogP contribution in [0.3, 0.4) is 0 Å². The number of rotatable bonds is 13. The zero-order valence-electron chi connectivity index (χ0n) is 52.3. The summed E-state index contributed by atoms with van der Waals surface area (Å²) in [4.78, 5) is 46.8. The van der Waals surface area contributed by atoms with Gasteiger partial charge in [0, 0.05) is 82.5 Å². The Bertz CT molecular complexity index is 4230. The highest BCUT2D eigenvalue weighted by molar-refractivity contribution is 8.13. The smallest absolute Gasteiger partial charge is 0.337 e. The number of azo groups is 1. The topological polar surface area (TPSA) is 102 Å². The van der Waals surface area contributed by atoms with Crippen LogP contribution in [-0.2, 0) is 58.0 Å². The maximum atomic E-state index is 11.9. The molecular weight excluding hydrogens is 1200 g/mol. The van der Waals surface area contributed by atoms with Crippen molar-refractivity contribution in [1.29, 1.82) is 0 Å². The van der Waals surface area contributed by atoms with Gasteiger partial charge in [0.25, 0.3) is 0 Å². The van der Waals surface area contributed by atoms with Gasteiger partial charge in [-0.25, -0.2) is 4.79 Å². The Hall–Kier alpha value is -9.65. The maximum Gasteiger partial charge on any atom is 0.337 e. The van der Waals surface area contributed by atoms with Crippen molar-refractivity contribution in [2.45, 2.75) is 98.2 Å². The minimum Gasteiger partial charge on any atom is -0.465 e. The van der Waals surface area contributed by atoms with Gasteiger partial charge in [-0.05, 0) is 233 Å². The zero-order valence-corrected chi connectivity index (χ0v) is 54.8. The first-order valence-electron chi connectivity index (χ1n) is 31.0. The number of hydrogen-bond donors (Lipinski definition) is 0. The van der Waals surface area contributed by atoms with E-state index in [9.17, 15) is 19.2 Å². The number of carbonyl (C=O) groups excluding carboxylic acids is 4. The van der Waals surface area contributed by atoms with E-state index < -0.39 is 5.97 Å². The molecule has 93 heavy (non-hydrogen) atoms. The molecule has 0 heterocycles. The monoisotopic (exact) mass is 1270 g/mol. The average Bonchev–Trinajstić information content (AvgIpc) is 0.668. The predicted molar refractivity (Wildman–Crippen MR) is 378 cm³/mol. The molecule has 4 aliphatic carbocycles. The number of thioether (sulfide) groups is 3. The summed E-state index contributed by atoms with van der Waals surface area (Å²) in [6.45, 7) is 4.80. The number of methoxy groups -OCH3 is 1. The highest BCUT2D eigenvalue weighted by atomic mass is 32.2. The molecule has 0 radical (unpaired) electrons. The lowest BCUT2D eigenvalue weighted by Crippen LogP contribution is -2.67. The second-order valence-corrected chi connectivity index (χ2v) is 28.2. The van der Waals surface area contributed by atoms with Crippen LogP contribution in [0.4, 0.5) is 11.4 Å². The largest absolute Gasteiger partial charge is 0.465 e. The van der Waals surface area contributed by atoms with E-state index in [1.165, 1.54) is 64.6 Å². The SMILES string of the molecule is COC(=O)c1ccc(N=Nc2ccc(C#Cc3ccc(C45CC6(c7ccc(C#Cc8ccc(CSC(C)=O)cc8)cc7)CC(c7ccc(C#Cc8ccc(CSC(C)=O)cc8)cc7)(CC(c7ccc(C#Cc8ccc(CSC(C)=O)cc8)cc7)(C6)C4)C5)cc3)cc2)cc1. The Morgan fingerprint density at radius 1 is 0.323 bits per heavy atom. The summed E-state index contributed by atoms with van der Waals surface area (Å²) < 4.78 is 4.82. The zero-order chi connectivity index (χ0) is 64.4. The van der Waals surface area contributed by atoms with Gasteiger partial charge < -0.3 is 4.74 Å². The van der Waals surface area contributed by atoms with E-state index in [2.05, 4.69) is 191 Å². The summed E-state index contributed by atoms with van der Waals surface area (Å²) in [5, 5.41) is 9.08. The summed E-state index contributed by atoms with van der Waals surface area (Å²) in [5.41, 5.74) is 17.0. The van der Waals surface area contributed by atoms with Crippen molar-refractivity contribution < 1.29 is 23.9 Å². The third-order valence-corrected chi connectivity index (χ3v) is 20.7. The minimum atomic E-state index is -0.401. The Balaban J connectivity index is 0.894. The van der Waals surface area contributed by atoms with Crippen molar-refractivity contribution in [2.24, 2.45) is 10.2 Å². The maximum absolute atomic E-state index is 11.9. The van der Waals surface area contributed by atoms with Crippen LogP contribution < -0.4 is 0 Å². The van der Waals surface area contributed by atoms with Crippen LogP contribution in [0.25, 0.3) is 0 Å². The van der Waals surface area contributed by atoms with Crippen LogP contribution in [0.1, 0.15) is 153 Å². The van der Waals surface area contributed by atoms with E-state index in [1.807, 2.05) is 60.7 Å². The molecule has 7 nitrogen and oxygen atoms in total. The van der Waals surface area contributed by atoms with Gasteiger partial charge in [0.15, 0.2) is 15.3 Å². The third kappa shape index (κ3) is 15.3. The lowest BCUT2D eigenvalue weighted by molar-refractivity contribution is -0.109. The van der Waals surface area contributed by atoms with Crippen molar-refractivity contribution >= 4 is 68.0 Å². The molecule has 4 saturated carbocycles. The van der Waals surface area contributed by atoms with Crippen LogP contribution in [0.2, 0.25) is 0 Å². The fraction of sp³-hybridized carbons (Fsp3) is 0.205. The van der Waals surface area contributed by atoms with Gasteiger partial charge in [0.1, 0.15) is 0 Å². The van der Waals surface area contributed by atoms with E-state index >= 15 is 0 Å². The molecule has 9 aromatic carbocycles. The van der Waals surface area contributed by atoms with E-state index in [1.54, 1.807) is 45.0 Å². The lowest BCUT2D eigenvalue weighted by atomic mass is 9.32. The standard InChI is InChI=1S/C83H66N2O5S3/c1-58(86)91-49-69-19-13-61(14-20-69)5-8-64-25-37-73(38-26-64)80-52-81(74-39-27-65(28-40-74)9-6-62-15-21-70(22-16-62)50-92-59(2)87)54-82(53-80,75-41-29-66(30-42-75)10-7-63-17-23-71(24-18-63)51-93-60(3)88)57-83(55-80,56-81)76-43-31-67(32-44-76)11-12-68-33-45-77(46-34-68)84-85-78-47-35-72(36-48-78)79(89)90-4/h13-48H,49-57H2,1-4H3. The number of esters is 1. The second kappa shape index (κ2) is 28.1. The molecule has 10 heteroatoms. The molecule has 0 saturated heterocycles. The summed E-state index contributed by atoms with van der Waals surface area (Å²) >= 11 is 3.94. The number of nitrogens with zero attached hydrogens (tertiary/aromatic N) is 2. The minimum absolute atomic E-state index is 0.106. The Morgan fingerprint density at radius 2 is 0.527 bits per heavy atom. The first-order chi connectivity index (χ1) is 45.1. The van der Waals surface area contributed by atoms with Crippen LogP contribution >= 0.6 is 35.3 Å². The predicted octanol–water partition coefficient (Wildman–Crippen LogP) is 18.3. The molecule has 0 amide bonds. The third-order valence-electron chi connectivity index (χ3n) is 18.1. The van der Waals surface area contributed by atoms with Crippen LogP contribution in [0.5, 0.6) is 0 Å². The molecule has 0 N–H and O–H groups in total.